The maximum absolute atomic E-state index is 6.04. The molecule has 3 rings (SSSR count). The molecule has 0 saturated carbocycles. The number of benzene rings is 1. The highest BCUT2D eigenvalue weighted by Crippen LogP contribution is 2.42. The number of fused-ring (bicyclic) bond motifs is 1. The second-order valence-corrected chi connectivity index (χ2v) is 5.13. The third-order valence-electron chi connectivity index (χ3n) is 3.78. The van der Waals surface area contributed by atoms with Crippen molar-refractivity contribution in [3.8, 4) is 5.75 Å². The van der Waals surface area contributed by atoms with E-state index in [2.05, 4.69) is 21.4 Å². The van der Waals surface area contributed by atoms with E-state index < -0.39 is 0 Å². The Kier molecular flexibility index (Phi) is 3.49. The van der Waals surface area contributed by atoms with Crippen molar-refractivity contribution in [2.75, 3.05) is 19.5 Å². The maximum Gasteiger partial charge on any atom is 0.224 e. The zero-order valence-electron chi connectivity index (χ0n) is 11.5. The van der Waals surface area contributed by atoms with Crippen molar-refractivity contribution in [2.24, 2.45) is 0 Å². The number of ether oxygens (including phenoxy) is 1. The molecule has 0 amide bonds. The Labute approximate surface area is 123 Å². The molecule has 0 fully saturated rings. The lowest BCUT2D eigenvalue weighted by atomic mass is 9.96. The zero-order valence-corrected chi connectivity index (χ0v) is 12.2. The van der Waals surface area contributed by atoms with Crippen LogP contribution in [-0.4, -0.2) is 24.1 Å². The molecule has 1 aliphatic carbocycles. The Morgan fingerprint density at radius 1 is 1.30 bits per heavy atom. The van der Waals surface area contributed by atoms with Crippen molar-refractivity contribution >= 4 is 17.4 Å². The van der Waals surface area contributed by atoms with Crippen LogP contribution in [0, 0.1) is 0 Å². The highest BCUT2D eigenvalue weighted by molar-refractivity contribution is 6.28. The minimum atomic E-state index is 0.216. The average Bonchev–Trinajstić information content (AvgIpc) is 2.89. The molecule has 1 aromatic heterocycles. The maximum atomic E-state index is 6.04. The van der Waals surface area contributed by atoms with Gasteiger partial charge in [-0.3, -0.25) is 0 Å². The van der Waals surface area contributed by atoms with Crippen molar-refractivity contribution in [3.63, 3.8) is 0 Å². The van der Waals surface area contributed by atoms with Crippen LogP contribution in [0.25, 0.3) is 0 Å². The standard InChI is InChI=1S/C15H16ClN3O/c1-17-14-11-8-7-10(13(11)18-15(16)19-14)9-5-3-4-6-12(9)20-2/h3-6,10H,7-8H2,1-2H3,(H,17,18,19). The van der Waals surface area contributed by atoms with Gasteiger partial charge in [-0.05, 0) is 30.5 Å². The fourth-order valence-corrected chi connectivity index (χ4v) is 3.07. The third-order valence-corrected chi connectivity index (χ3v) is 3.95. The van der Waals surface area contributed by atoms with Crippen LogP contribution < -0.4 is 10.1 Å². The number of nitrogens with one attached hydrogen (secondary N) is 1. The van der Waals surface area contributed by atoms with Gasteiger partial charge in [0, 0.05) is 24.1 Å². The van der Waals surface area contributed by atoms with Crippen molar-refractivity contribution in [1.82, 2.24) is 9.97 Å². The van der Waals surface area contributed by atoms with Crippen LogP contribution in [0.1, 0.15) is 29.2 Å². The van der Waals surface area contributed by atoms with Gasteiger partial charge in [0.1, 0.15) is 11.6 Å². The molecule has 5 heteroatoms. The summed E-state index contributed by atoms with van der Waals surface area (Å²) in [4.78, 5) is 8.70. The van der Waals surface area contributed by atoms with Gasteiger partial charge >= 0.3 is 0 Å². The molecule has 0 aliphatic heterocycles. The van der Waals surface area contributed by atoms with Crippen LogP contribution in [0.5, 0.6) is 5.75 Å². The van der Waals surface area contributed by atoms with Gasteiger partial charge in [-0.25, -0.2) is 9.97 Å². The Hall–Kier alpha value is -1.81. The first-order valence-corrected chi connectivity index (χ1v) is 6.99. The summed E-state index contributed by atoms with van der Waals surface area (Å²) in [7, 11) is 3.55. The molecule has 1 atom stereocenters. The Morgan fingerprint density at radius 3 is 2.85 bits per heavy atom. The molecule has 0 spiro atoms. The van der Waals surface area contributed by atoms with E-state index >= 15 is 0 Å². The lowest BCUT2D eigenvalue weighted by molar-refractivity contribution is 0.407. The fourth-order valence-electron chi connectivity index (χ4n) is 2.90. The molecule has 2 aromatic rings. The second kappa shape index (κ2) is 5.29. The number of aromatic nitrogens is 2. The summed E-state index contributed by atoms with van der Waals surface area (Å²) in [5, 5.41) is 3.39. The summed E-state index contributed by atoms with van der Waals surface area (Å²) >= 11 is 6.04. The normalized spacial score (nSPS) is 16.9. The Morgan fingerprint density at radius 2 is 2.10 bits per heavy atom. The summed E-state index contributed by atoms with van der Waals surface area (Å²) in [6, 6.07) is 8.07. The van der Waals surface area contributed by atoms with Gasteiger partial charge in [0.25, 0.3) is 0 Å². The van der Waals surface area contributed by atoms with Crippen molar-refractivity contribution in [3.05, 3.63) is 46.4 Å². The Balaban J connectivity index is 2.11. The average molecular weight is 290 g/mol. The molecule has 0 bridgehead atoms. The van der Waals surface area contributed by atoms with E-state index in [4.69, 9.17) is 16.3 Å². The number of anilines is 1. The molecule has 1 N–H and O–H groups in total. The highest BCUT2D eigenvalue weighted by atomic mass is 35.5. The molecule has 1 heterocycles. The summed E-state index contributed by atoms with van der Waals surface area (Å²) in [5.74, 6) is 1.94. The first-order chi connectivity index (χ1) is 9.74. The summed E-state index contributed by atoms with van der Waals surface area (Å²) in [6.07, 6.45) is 1.95. The predicted molar refractivity (Wildman–Crippen MR) is 79.7 cm³/mol. The molecular weight excluding hydrogens is 274 g/mol. The van der Waals surface area contributed by atoms with Crippen LogP contribution in [0.2, 0.25) is 5.28 Å². The second-order valence-electron chi connectivity index (χ2n) is 4.79. The van der Waals surface area contributed by atoms with Gasteiger partial charge in [0.15, 0.2) is 0 Å². The van der Waals surface area contributed by atoms with Gasteiger partial charge in [-0.1, -0.05) is 18.2 Å². The van der Waals surface area contributed by atoms with Gasteiger partial charge in [0.05, 0.1) is 12.8 Å². The lowest BCUT2D eigenvalue weighted by Crippen LogP contribution is -2.05. The monoisotopic (exact) mass is 289 g/mol. The number of nitrogens with zero attached hydrogens (tertiary/aromatic N) is 2. The van der Waals surface area contributed by atoms with E-state index in [1.54, 1.807) is 7.11 Å². The summed E-state index contributed by atoms with van der Waals surface area (Å²) < 4.78 is 5.47. The number of halogens is 1. The van der Waals surface area contributed by atoms with Crippen LogP contribution in [-0.2, 0) is 6.42 Å². The number of rotatable bonds is 3. The van der Waals surface area contributed by atoms with E-state index in [0.29, 0.717) is 0 Å². The highest BCUT2D eigenvalue weighted by Gasteiger charge is 2.30. The van der Waals surface area contributed by atoms with Gasteiger partial charge in [-0.15, -0.1) is 0 Å². The molecule has 1 aliphatic rings. The van der Waals surface area contributed by atoms with E-state index in [1.807, 2.05) is 25.2 Å². The van der Waals surface area contributed by atoms with Crippen LogP contribution in [0.4, 0.5) is 5.82 Å². The first-order valence-electron chi connectivity index (χ1n) is 6.61. The quantitative estimate of drug-likeness (QED) is 0.881. The van der Waals surface area contributed by atoms with Crippen molar-refractivity contribution < 1.29 is 4.74 Å². The van der Waals surface area contributed by atoms with Crippen LogP contribution >= 0.6 is 11.6 Å². The third kappa shape index (κ3) is 2.10. The molecule has 1 aromatic carbocycles. The molecule has 0 radical (unpaired) electrons. The molecular formula is C15H16ClN3O. The first kappa shape index (κ1) is 13.2. The fraction of sp³-hybridized carbons (Fsp3) is 0.333. The lowest BCUT2D eigenvalue weighted by Gasteiger charge is -2.15. The Bertz CT molecular complexity index is 645. The summed E-state index contributed by atoms with van der Waals surface area (Å²) in [5.41, 5.74) is 3.33. The topological polar surface area (TPSA) is 47.0 Å². The van der Waals surface area contributed by atoms with E-state index in [0.717, 1.165) is 41.2 Å². The smallest absolute Gasteiger partial charge is 0.224 e. The van der Waals surface area contributed by atoms with Gasteiger partial charge in [0.2, 0.25) is 5.28 Å². The minimum absolute atomic E-state index is 0.216. The molecule has 20 heavy (non-hydrogen) atoms. The van der Waals surface area contributed by atoms with E-state index in [-0.39, 0.29) is 11.2 Å². The minimum Gasteiger partial charge on any atom is -0.496 e. The van der Waals surface area contributed by atoms with Gasteiger partial charge < -0.3 is 10.1 Å². The van der Waals surface area contributed by atoms with Crippen LogP contribution in [0.3, 0.4) is 0 Å². The molecule has 0 saturated heterocycles. The number of para-hydroxylation sites is 1. The van der Waals surface area contributed by atoms with Crippen LogP contribution in [0.15, 0.2) is 24.3 Å². The zero-order chi connectivity index (χ0) is 14.1. The SMILES string of the molecule is CNc1nc(Cl)nc2c1CCC2c1ccccc1OC. The number of hydrogen-bond donors (Lipinski definition) is 1. The van der Waals surface area contributed by atoms with E-state index in [1.165, 1.54) is 0 Å². The molecule has 104 valence electrons. The van der Waals surface area contributed by atoms with E-state index in [9.17, 15) is 0 Å². The van der Waals surface area contributed by atoms with Gasteiger partial charge in [-0.2, -0.15) is 0 Å². The number of hydrogen-bond acceptors (Lipinski definition) is 4. The van der Waals surface area contributed by atoms with Crippen molar-refractivity contribution in [2.45, 2.75) is 18.8 Å². The number of methoxy groups -OCH3 is 1. The molecule has 4 nitrogen and oxygen atoms in total. The largest absolute Gasteiger partial charge is 0.496 e. The predicted octanol–water partition coefficient (Wildman–Crippen LogP) is 3.26. The molecule has 1 unspecified atom stereocenters. The summed E-state index contributed by atoms with van der Waals surface area (Å²) in [6.45, 7) is 0. The van der Waals surface area contributed by atoms with Crippen molar-refractivity contribution in [1.29, 1.82) is 0 Å².